The standard InChI is InChI=1S/C19H18FN3O2/c1-13-2-7-15(8-3-13)19-22-18(25-23-19)12-21-17(24)11-6-14-4-9-16(20)10-5-14/h2-5,7-10H,6,11-12H2,1H3,(H,21,24). The molecule has 2 aromatic carbocycles. The molecule has 1 amide bonds. The maximum absolute atomic E-state index is 12.8. The Morgan fingerprint density at radius 1 is 1.12 bits per heavy atom. The van der Waals surface area contributed by atoms with Crippen molar-refractivity contribution in [2.24, 2.45) is 0 Å². The molecule has 0 atom stereocenters. The molecule has 0 saturated carbocycles. The third-order valence-corrected chi connectivity index (χ3v) is 3.77. The Morgan fingerprint density at radius 3 is 2.56 bits per heavy atom. The molecule has 0 bridgehead atoms. The monoisotopic (exact) mass is 339 g/mol. The average Bonchev–Trinajstić information content (AvgIpc) is 3.09. The quantitative estimate of drug-likeness (QED) is 0.747. The van der Waals surface area contributed by atoms with E-state index in [0.29, 0.717) is 24.6 Å². The van der Waals surface area contributed by atoms with Crippen LogP contribution in [0.4, 0.5) is 4.39 Å². The molecule has 1 N–H and O–H groups in total. The minimum absolute atomic E-state index is 0.126. The Morgan fingerprint density at radius 2 is 1.84 bits per heavy atom. The highest BCUT2D eigenvalue weighted by molar-refractivity contribution is 5.76. The predicted molar refractivity (Wildman–Crippen MR) is 91.0 cm³/mol. The fourth-order valence-electron chi connectivity index (χ4n) is 2.32. The van der Waals surface area contributed by atoms with E-state index < -0.39 is 0 Å². The first kappa shape index (κ1) is 16.8. The van der Waals surface area contributed by atoms with Gasteiger partial charge in [-0.2, -0.15) is 4.98 Å². The molecule has 3 aromatic rings. The highest BCUT2D eigenvalue weighted by Gasteiger charge is 2.10. The second kappa shape index (κ2) is 7.70. The molecule has 0 aliphatic rings. The first-order chi connectivity index (χ1) is 12.1. The van der Waals surface area contributed by atoms with Crippen molar-refractivity contribution in [1.82, 2.24) is 15.5 Å². The largest absolute Gasteiger partial charge is 0.347 e. The number of halogens is 1. The Hall–Kier alpha value is -3.02. The van der Waals surface area contributed by atoms with Crippen LogP contribution < -0.4 is 5.32 Å². The second-order valence-corrected chi connectivity index (χ2v) is 5.78. The zero-order valence-electron chi connectivity index (χ0n) is 13.8. The lowest BCUT2D eigenvalue weighted by Crippen LogP contribution is -2.23. The number of carbonyl (C=O) groups is 1. The number of aryl methyl sites for hydroxylation is 2. The van der Waals surface area contributed by atoms with E-state index in [4.69, 9.17) is 4.52 Å². The summed E-state index contributed by atoms with van der Waals surface area (Å²) in [5.41, 5.74) is 2.93. The van der Waals surface area contributed by atoms with Gasteiger partial charge in [0.1, 0.15) is 5.82 Å². The SMILES string of the molecule is Cc1ccc(-c2noc(CNC(=O)CCc3ccc(F)cc3)n2)cc1. The summed E-state index contributed by atoms with van der Waals surface area (Å²) in [4.78, 5) is 16.2. The molecule has 6 heteroatoms. The molecular formula is C19H18FN3O2. The third-order valence-electron chi connectivity index (χ3n) is 3.77. The topological polar surface area (TPSA) is 68.0 Å². The molecular weight excluding hydrogens is 321 g/mol. The van der Waals surface area contributed by atoms with Crippen LogP contribution in [-0.2, 0) is 17.8 Å². The number of nitrogens with one attached hydrogen (secondary N) is 1. The summed E-state index contributed by atoms with van der Waals surface area (Å²) in [5.74, 6) is 0.439. The van der Waals surface area contributed by atoms with Gasteiger partial charge in [-0.05, 0) is 31.0 Å². The first-order valence-corrected chi connectivity index (χ1v) is 8.01. The number of hydrogen-bond acceptors (Lipinski definition) is 4. The Labute approximate surface area is 144 Å². The van der Waals surface area contributed by atoms with Crippen LogP contribution in [-0.4, -0.2) is 16.0 Å². The summed E-state index contributed by atoms with van der Waals surface area (Å²) in [6.45, 7) is 2.19. The van der Waals surface area contributed by atoms with Crippen molar-refractivity contribution >= 4 is 5.91 Å². The Bertz CT molecular complexity index is 842. The van der Waals surface area contributed by atoms with Crippen LogP contribution in [0.25, 0.3) is 11.4 Å². The van der Waals surface area contributed by atoms with Gasteiger partial charge in [0.15, 0.2) is 0 Å². The van der Waals surface area contributed by atoms with Crippen molar-refractivity contribution in [2.45, 2.75) is 26.3 Å². The van der Waals surface area contributed by atoms with Crippen molar-refractivity contribution in [3.63, 3.8) is 0 Å². The van der Waals surface area contributed by atoms with Crippen molar-refractivity contribution in [3.8, 4) is 11.4 Å². The van der Waals surface area contributed by atoms with Gasteiger partial charge >= 0.3 is 0 Å². The normalized spacial score (nSPS) is 10.6. The average molecular weight is 339 g/mol. The number of nitrogens with zero attached hydrogens (tertiary/aromatic N) is 2. The van der Waals surface area contributed by atoms with Crippen LogP contribution in [0.3, 0.4) is 0 Å². The second-order valence-electron chi connectivity index (χ2n) is 5.78. The van der Waals surface area contributed by atoms with E-state index in [2.05, 4.69) is 15.5 Å². The van der Waals surface area contributed by atoms with Gasteiger partial charge in [0, 0.05) is 12.0 Å². The van der Waals surface area contributed by atoms with E-state index in [0.717, 1.165) is 16.7 Å². The molecule has 25 heavy (non-hydrogen) atoms. The molecule has 0 unspecified atom stereocenters. The van der Waals surface area contributed by atoms with Crippen LogP contribution in [0.2, 0.25) is 0 Å². The van der Waals surface area contributed by atoms with E-state index in [1.807, 2.05) is 31.2 Å². The zero-order chi connectivity index (χ0) is 17.6. The zero-order valence-corrected chi connectivity index (χ0v) is 13.8. The number of amides is 1. The van der Waals surface area contributed by atoms with Crippen LogP contribution in [0.5, 0.6) is 0 Å². The summed E-state index contributed by atoms with van der Waals surface area (Å²) in [6, 6.07) is 13.9. The van der Waals surface area contributed by atoms with Crippen LogP contribution in [0.1, 0.15) is 23.4 Å². The van der Waals surface area contributed by atoms with Crippen LogP contribution in [0.15, 0.2) is 53.1 Å². The fraction of sp³-hybridized carbons (Fsp3) is 0.211. The van der Waals surface area contributed by atoms with Gasteiger partial charge in [-0.15, -0.1) is 0 Å². The smallest absolute Gasteiger partial charge is 0.246 e. The Kier molecular flexibility index (Phi) is 5.18. The summed E-state index contributed by atoms with van der Waals surface area (Å²) in [6.07, 6.45) is 0.856. The summed E-state index contributed by atoms with van der Waals surface area (Å²) >= 11 is 0. The molecule has 1 heterocycles. The van der Waals surface area contributed by atoms with Gasteiger partial charge in [0.2, 0.25) is 17.6 Å². The van der Waals surface area contributed by atoms with E-state index >= 15 is 0 Å². The van der Waals surface area contributed by atoms with Crippen molar-refractivity contribution in [3.05, 3.63) is 71.4 Å². The van der Waals surface area contributed by atoms with Gasteiger partial charge in [-0.25, -0.2) is 4.39 Å². The van der Waals surface area contributed by atoms with Crippen LogP contribution in [0, 0.1) is 12.7 Å². The molecule has 1 aromatic heterocycles. The van der Waals surface area contributed by atoms with Crippen molar-refractivity contribution in [2.75, 3.05) is 0 Å². The van der Waals surface area contributed by atoms with Gasteiger partial charge in [-0.1, -0.05) is 47.1 Å². The molecule has 3 rings (SSSR count). The lowest BCUT2D eigenvalue weighted by molar-refractivity contribution is -0.121. The number of hydrogen-bond donors (Lipinski definition) is 1. The van der Waals surface area contributed by atoms with E-state index in [-0.39, 0.29) is 18.3 Å². The minimum atomic E-state index is -0.283. The predicted octanol–water partition coefficient (Wildman–Crippen LogP) is 3.43. The number of rotatable bonds is 6. The van der Waals surface area contributed by atoms with E-state index in [1.54, 1.807) is 12.1 Å². The molecule has 0 fully saturated rings. The van der Waals surface area contributed by atoms with Gasteiger partial charge in [0.05, 0.1) is 6.54 Å². The lowest BCUT2D eigenvalue weighted by atomic mass is 10.1. The molecule has 5 nitrogen and oxygen atoms in total. The third kappa shape index (κ3) is 4.73. The van der Waals surface area contributed by atoms with Gasteiger partial charge < -0.3 is 9.84 Å². The van der Waals surface area contributed by atoms with E-state index in [1.165, 1.54) is 12.1 Å². The fourth-order valence-corrected chi connectivity index (χ4v) is 2.32. The van der Waals surface area contributed by atoms with Crippen molar-refractivity contribution in [1.29, 1.82) is 0 Å². The van der Waals surface area contributed by atoms with Crippen LogP contribution >= 0.6 is 0 Å². The summed E-state index contributed by atoms with van der Waals surface area (Å²) in [7, 11) is 0. The highest BCUT2D eigenvalue weighted by Crippen LogP contribution is 2.16. The van der Waals surface area contributed by atoms with Crippen molar-refractivity contribution < 1.29 is 13.7 Å². The molecule has 128 valence electrons. The van der Waals surface area contributed by atoms with Gasteiger partial charge in [0.25, 0.3) is 0 Å². The van der Waals surface area contributed by atoms with E-state index in [9.17, 15) is 9.18 Å². The minimum Gasteiger partial charge on any atom is -0.347 e. The Balaban J connectivity index is 1.49. The number of aromatic nitrogens is 2. The molecule has 0 aliphatic heterocycles. The summed E-state index contributed by atoms with van der Waals surface area (Å²) < 4.78 is 18.0. The molecule has 0 aliphatic carbocycles. The summed E-state index contributed by atoms with van der Waals surface area (Å²) in [5, 5.41) is 6.67. The maximum atomic E-state index is 12.8. The number of carbonyl (C=O) groups excluding carboxylic acids is 1. The van der Waals surface area contributed by atoms with Gasteiger partial charge in [-0.3, -0.25) is 4.79 Å². The highest BCUT2D eigenvalue weighted by atomic mass is 19.1. The first-order valence-electron chi connectivity index (χ1n) is 8.01. The molecule has 0 saturated heterocycles. The number of benzene rings is 2. The molecule has 0 spiro atoms. The molecule has 0 radical (unpaired) electrons. The lowest BCUT2D eigenvalue weighted by Gasteiger charge is -2.03. The maximum Gasteiger partial charge on any atom is 0.246 e.